The zero-order valence-electron chi connectivity index (χ0n) is 16.6. The van der Waals surface area contributed by atoms with Crippen molar-refractivity contribution in [3.05, 3.63) is 59.2 Å². The lowest BCUT2D eigenvalue weighted by Crippen LogP contribution is -2.36. The molecular weight excluding hydrogens is 352 g/mol. The van der Waals surface area contributed by atoms with E-state index in [9.17, 15) is 9.59 Å². The summed E-state index contributed by atoms with van der Waals surface area (Å²) < 4.78 is 5.53. The molecule has 5 nitrogen and oxygen atoms in total. The van der Waals surface area contributed by atoms with E-state index in [1.54, 1.807) is 30.3 Å². The monoisotopic (exact) mass is 380 g/mol. The maximum absolute atomic E-state index is 12.7. The number of ether oxygens (including phenoxy) is 1. The fourth-order valence-corrected chi connectivity index (χ4v) is 3.60. The van der Waals surface area contributed by atoms with E-state index in [1.807, 2.05) is 26.0 Å². The molecule has 2 N–H and O–H groups in total. The fraction of sp³-hybridized carbons (Fsp3) is 0.391. The van der Waals surface area contributed by atoms with Gasteiger partial charge in [0, 0.05) is 11.6 Å². The third-order valence-corrected chi connectivity index (χ3v) is 5.10. The Labute approximate surface area is 166 Å². The molecule has 1 fully saturated rings. The normalized spacial score (nSPS) is 14.4. The number of para-hydroxylation sites is 1. The third kappa shape index (κ3) is 4.91. The summed E-state index contributed by atoms with van der Waals surface area (Å²) in [4.78, 5) is 25.5. The second-order valence-electron chi connectivity index (χ2n) is 7.22. The Kier molecular flexibility index (Phi) is 6.69. The van der Waals surface area contributed by atoms with Gasteiger partial charge in [-0.25, -0.2) is 0 Å². The molecule has 0 heterocycles. The molecule has 0 spiro atoms. The second-order valence-corrected chi connectivity index (χ2v) is 7.22. The van der Waals surface area contributed by atoms with Crippen LogP contribution in [0.15, 0.2) is 42.5 Å². The number of carbonyl (C=O) groups excluding carboxylic acids is 2. The fourth-order valence-electron chi connectivity index (χ4n) is 3.60. The summed E-state index contributed by atoms with van der Waals surface area (Å²) in [5.41, 5.74) is 2.44. The molecule has 0 aromatic heterocycles. The number of amides is 2. The molecule has 2 amide bonds. The van der Waals surface area contributed by atoms with E-state index < -0.39 is 0 Å². The highest BCUT2D eigenvalue weighted by atomic mass is 16.5. The lowest BCUT2D eigenvalue weighted by Gasteiger charge is -2.23. The van der Waals surface area contributed by atoms with Gasteiger partial charge >= 0.3 is 0 Å². The highest BCUT2D eigenvalue weighted by molar-refractivity contribution is 6.09. The SMILES string of the molecule is CCOc1ccc(C(=O)Nc2ccccc2C(=O)NC2CCCCC2)cc1C. The first kappa shape index (κ1) is 19.9. The minimum absolute atomic E-state index is 0.134. The minimum atomic E-state index is -0.246. The first-order valence-corrected chi connectivity index (χ1v) is 10.0. The topological polar surface area (TPSA) is 67.4 Å². The summed E-state index contributed by atoms with van der Waals surface area (Å²) >= 11 is 0. The van der Waals surface area contributed by atoms with Crippen LogP contribution in [0.1, 0.15) is 65.3 Å². The van der Waals surface area contributed by atoms with Gasteiger partial charge in [0.05, 0.1) is 17.9 Å². The number of rotatable bonds is 6. The van der Waals surface area contributed by atoms with Crippen molar-refractivity contribution < 1.29 is 14.3 Å². The lowest BCUT2D eigenvalue weighted by molar-refractivity contribution is 0.0928. The molecule has 3 rings (SSSR count). The molecule has 1 aliphatic carbocycles. The molecule has 0 saturated heterocycles. The van der Waals surface area contributed by atoms with Gasteiger partial charge in [0.1, 0.15) is 5.75 Å². The Hall–Kier alpha value is -2.82. The van der Waals surface area contributed by atoms with Crippen molar-refractivity contribution in [1.82, 2.24) is 5.32 Å². The lowest BCUT2D eigenvalue weighted by atomic mass is 9.95. The average molecular weight is 380 g/mol. The van der Waals surface area contributed by atoms with Crippen LogP contribution in [0.4, 0.5) is 5.69 Å². The molecule has 0 aliphatic heterocycles. The van der Waals surface area contributed by atoms with Gasteiger partial charge in [0.25, 0.3) is 11.8 Å². The summed E-state index contributed by atoms with van der Waals surface area (Å²) in [5, 5.41) is 6.00. The molecule has 5 heteroatoms. The molecule has 2 aromatic rings. The molecular formula is C23H28N2O3. The van der Waals surface area contributed by atoms with E-state index in [4.69, 9.17) is 4.74 Å². The maximum Gasteiger partial charge on any atom is 0.255 e. The molecule has 0 bridgehead atoms. The Morgan fingerprint density at radius 2 is 1.79 bits per heavy atom. The molecule has 0 atom stereocenters. The minimum Gasteiger partial charge on any atom is -0.494 e. The van der Waals surface area contributed by atoms with E-state index in [0.29, 0.717) is 23.4 Å². The van der Waals surface area contributed by atoms with Crippen LogP contribution in [0.25, 0.3) is 0 Å². The maximum atomic E-state index is 12.7. The highest BCUT2D eigenvalue weighted by Gasteiger charge is 2.19. The molecule has 2 aromatic carbocycles. The molecule has 28 heavy (non-hydrogen) atoms. The van der Waals surface area contributed by atoms with Crippen LogP contribution in [0, 0.1) is 6.92 Å². The number of nitrogens with one attached hydrogen (secondary N) is 2. The number of benzene rings is 2. The number of aryl methyl sites for hydroxylation is 1. The van der Waals surface area contributed by atoms with Crippen LogP contribution in [-0.4, -0.2) is 24.5 Å². The predicted octanol–water partition coefficient (Wildman–Crippen LogP) is 4.71. The van der Waals surface area contributed by atoms with Gasteiger partial charge in [0.2, 0.25) is 0 Å². The smallest absolute Gasteiger partial charge is 0.255 e. The largest absolute Gasteiger partial charge is 0.494 e. The quantitative estimate of drug-likeness (QED) is 0.763. The summed E-state index contributed by atoms with van der Waals surface area (Å²) in [6, 6.07) is 12.7. The summed E-state index contributed by atoms with van der Waals surface area (Å²) in [6.45, 7) is 4.42. The van der Waals surface area contributed by atoms with Crippen molar-refractivity contribution in [3.63, 3.8) is 0 Å². The van der Waals surface area contributed by atoms with Crippen LogP contribution in [0.5, 0.6) is 5.75 Å². The van der Waals surface area contributed by atoms with Crippen LogP contribution in [0.3, 0.4) is 0 Å². The molecule has 0 unspecified atom stereocenters. The van der Waals surface area contributed by atoms with Crippen molar-refractivity contribution in [2.75, 3.05) is 11.9 Å². The van der Waals surface area contributed by atoms with Crippen LogP contribution in [0.2, 0.25) is 0 Å². The van der Waals surface area contributed by atoms with Crippen LogP contribution in [-0.2, 0) is 0 Å². The Balaban J connectivity index is 1.72. The van der Waals surface area contributed by atoms with E-state index in [2.05, 4.69) is 10.6 Å². The standard InChI is InChI=1S/C23H28N2O3/c1-3-28-21-14-13-17(15-16(21)2)22(26)25-20-12-8-7-11-19(20)23(27)24-18-9-5-4-6-10-18/h7-8,11-15,18H,3-6,9-10H2,1-2H3,(H,24,27)(H,25,26). The molecule has 0 radical (unpaired) electrons. The number of hydrogen-bond acceptors (Lipinski definition) is 3. The zero-order chi connectivity index (χ0) is 19.9. The zero-order valence-corrected chi connectivity index (χ0v) is 16.6. The van der Waals surface area contributed by atoms with Crippen molar-refractivity contribution in [2.24, 2.45) is 0 Å². The predicted molar refractivity (Wildman–Crippen MR) is 111 cm³/mol. The Morgan fingerprint density at radius 1 is 1.04 bits per heavy atom. The van der Waals surface area contributed by atoms with Crippen molar-refractivity contribution >= 4 is 17.5 Å². The van der Waals surface area contributed by atoms with Gasteiger partial charge < -0.3 is 15.4 Å². The second kappa shape index (κ2) is 9.40. The highest BCUT2D eigenvalue weighted by Crippen LogP contribution is 2.22. The molecule has 1 saturated carbocycles. The van der Waals surface area contributed by atoms with Gasteiger partial charge in [-0.1, -0.05) is 31.4 Å². The Bertz CT molecular complexity index is 841. The van der Waals surface area contributed by atoms with Crippen molar-refractivity contribution in [2.45, 2.75) is 52.0 Å². The van der Waals surface area contributed by atoms with Crippen molar-refractivity contribution in [1.29, 1.82) is 0 Å². The Morgan fingerprint density at radius 3 is 2.50 bits per heavy atom. The third-order valence-electron chi connectivity index (χ3n) is 5.10. The van der Waals surface area contributed by atoms with E-state index in [0.717, 1.165) is 37.0 Å². The molecule has 148 valence electrons. The number of hydrogen-bond donors (Lipinski definition) is 2. The van der Waals surface area contributed by atoms with Gasteiger partial charge in [-0.05, 0) is 62.6 Å². The van der Waals surface area contributed by atoms with Crippen LogP contribution < -0.4 is 15.4 Å². The first-order chi connectivity index (χ1) is 13.6. The summed E-state index contributed by atoms with van der Waals surface area (Å²) in [7, 11) is 0. The average Bonchev–Trinajstić information content (AvgIpc) is 2.70. The van der Waals surface area contributed by atoms with Crippen molar-refractivity contribution in [3.8, 4) is 5.75 Å². The van der Waals surface area contributed by atoms with Gasteiger partial charge in [-0.3, -0.25) is 9.59 Å². The molecule has 1 aliphatic rings. The van der Waals surface area contributed by atoms with E-state index >= 15 is 0 Å². The van der Waals surface area contributed by atoms with Gasteiger partial charge in [-0.2, -0.15) is 0 Å². The number of anilines is 1. The van der Waals surface area contributed by atoms with Crippen LogP contribution >= 0.6 is 0 Å². The summed E-state index contributed by atoms with van der Waals surface area (Å²) in [6.07, 6.45) is 5.58. The van der Waals surface area contributed by atoms with E-state index in [1.165, 1.54) is 6.42 Å². The number of carbonyl (C=O) groups is 2. The van der Waals surface area contributed by atoms with E-state index in [-0.39, 0.29) is 17.9 Å². The van der Waals surface area contributed by atoms with Gasteiger partial charge in [-0.15, -0.1) is 0 Å². The van der Waals surface area contributed by atoms with Gasteiger partial charge in [0.15, 0.2) is 0 Å². The first-order valence-electron chi connectivity index (χ1n) is 10.0. The summed E-state index contributed by atoms with van der Waals surface area (Å²) in [5.74, 6) is 0.390.